The molecule has 34 heavy (non-hydrogen) atoms. The van der Waals surface area contributed by atoms with Crippen molar-refractivity contribution >= 4 is 29.5 Å². The van der Waals surface area contributed by atoms with E-state index in [0.29, 0.717) is 25.1 Å². The molecule has 2 fully saturated rings. The van der Waals surface area contributed by atoms with Crippen LogP contribution < -0.4 is 10.2 Å². The lowest BCUT2D eigenvalue weighted by Gasteiger charge is -2.36. The van der Waals surface area contributed by atoms with Gasteiger partial charge in [0.15, 0.2) is 0 Å². The molecule has 0 spiro atoms. The Labute approximate surface area is 198 Å². The van der Waals surface area contributed by atoms with Gasteiger partial charge in [0.2, 0.25) is 17.7 Å². The average molecular weight is 474 g/mol. The summed E-state index contributed by atoms with van der Waals surface area (Å²) >= 11 is 0. The highest BCUT2D eigenvalue weighted by atomic mass is 19.1. The third-order valence-corrected chi connectivity index (χ3v) is 6.77. The van der Waals surface area contributed by atoms with E-state index in [2.05, 4.69) is 5.32 Å². The Morgan fingerprint density at radius 2 is 1.94 bits per heavy atom. The summed E-state index contributed by atoms with van der Waals surface area (Å²) in [4.78, 5) is 52.5. The normalized spacial score (nSPS) is 27.5. The highest BCUT2D eigenvalue weighted by Crippen LogP contribution is 2.44. The smallest absolute Gasteiger partial charge is 0.410 e. The van der Waals surface area contributed by atoms with Crippen LogP contribution in [0.25, 0.3) is 0 Å². The first-order valence-electron chi connectivity index (χ1n) is 11.9. The largest absolute Gasteiger partial charge is 0.444 e. The van der Waals surface area contributed by atoms with Gasteiger partial charge in [-0.05, 0) is 57.2 Å². The molecule has 0 saturated carbocycles. The van der Waals surface area contributed by atoms with Crippen molar-refractivity contribution in [1.82, 2.24) is 10.2 Å². The number of ether oxygens (including phenoxy) is 1. The topological polar surface area (TPSA) is 96.0 Å². The molecule has 3 aliphatic heterocycles. The van der Waals surface area contributed by atoms with Crippen molar-refractivity contribution in [3.05, 3.63) is 29.3 Å². The van der Waals surface area contributed by atoms with Crippen LogP contribution in [0.4, 0.5) is 14.9 Å². The van der Waals surface area contributed by atoms with Crippen molar-refractivity contribution in [3.8, 4) is 0 Å². The van der Waals surface area contributed by atoms with Crippen LogP contribution in [-0.4, -0.2) is 59.6 Å². The van der Waals surface area contributed by atoms with E-state index >= 15 is 4.39 Å². The summed E-state index contributed by atoms with van der Waals surface area (Å²) in [6.45, 7) is 7.57. The quantitative estimate of drug-likeness (QED) is 0.679. The third kappa shape index (κ3) is 4.52. The monoisotopic (exact) mass is 473 g/mol. The lowest BCUT2D eigenvalue weighted by Crippen LogP contribution is -2.53. The lowest BCUT2D eigenvalue weighted by molar-refractivity contribution is -0.135. The van der Waals surface area contributed by atoms with E-state index in [0.717, 1.165) is 11.1 Å². The van der Waals surface area contributed by atoms with Crippen molar-refractivity contribution in [1.29, 1.82) is 0 Å². The van der Waals surface area contributed by atoms with Gasteiger partial charge in [0.05, 0.1) is 12.5 Å². The van der Waals surface area contributed by atoms with Crippen molar-refractivity contribution in [2.45, 2.75) is 83.0 Å². The number of carbonyl (C=O) groups excluding carboxylic acids is 4. The number of hydrogen-bond acceptors (Lipinski definition) is 5. The molecule has 9 heteroatoms. The number of nitrogens with one attached hydrogen (secondary N) is 1. The Kier molecular flexibility index (Phi) is 6.40. The predicted octanol–water partition coefficient (Wildman–Crippen LogP) is 3.39. The molecule has 0 aromatic heterocycles. The molecule has 3 heterocycles. The molecule has 1 aromatic carbocycles. The number of nitrogens with zero attached hydrogens (tertiary/aromatic N) is 2. The highest BCUT2D eigenvalue weighted by molar-refractivity contribution is 6.12. The summed E-state index contributed by atoms with van der Waals surface area (Å²) in [5, 5.41) is 2.32. The Hall–Kier alpha value is -2.97. The number of alkyl halides is 1. The average Bonchev–Trinajstić information content (AvgIpc) is 3.03. The summed E-state index contributed by atoms with van der Waals surface area (Å²) in [7, 11) is 0. The Balaban J connectivity index is 1.55. The zero-order chi connectivity index (χ0) is 24.8. The predicted molar refractivity (Wildman–Crippen MR) is 123 cm³/mol. The standard InChI is InChI=1S/C25H32FN3O5/c1-5-15-17-12-14(16-10-11-28(13-18(16)26)24(33)34-25(2,3)4)6-7-19(17)29(23(15)32)20-8-9-21(30)27-22(20)31/h6-7,12,15-16,18,20H,5,8-11,13H2,1-4H3,(H,27,30,31). The molecule has 4 unspecified atom stereocenters. The number of imide groups is 1. The van der Waals surface area contributed by atoms with Crippen molar-refractivity contribution in [2.24, 2.45) is 0 Å². The van der Waals surface area contributed by atoms with Crippen LogP contribution >= 0.6 is 0 Å². The van der Waals surface area contributed by atoms with Gasteiger partial charge in [-0.2, -0.15) is 0 Å². The van der Waals surface area contributed by atoms with Gasteiger partial charge in [-0.15, -0.1) is 0 Å². The van der Waals surface area contributed by atoms with Gasteiger partial charge in [-0.1, -0.05) is 19.1 Å². The number of benzene rings is 1. The summed E-state index contributed by atoms with van der Waals surface area (Å²) in [6.07, 6.45) is -0.314. The maximum Gasteiger partial charge on any atom is 0.410 e. The second kappa shape index (κ2) is 9.00. The molecular weight excluding hydrogens is 441 g/mol. The van der Waals surface area contributed by atoms with Crippen LogP contribution in [0.3, 0.4) is 0 Å². The van der Waals surface area contributed by atoms with Gasteiger partial charge < -0.3 is 9.64 Å². The zero-order valence-electron chi connectivity index (χ0n) is 20.1. The number of anilines is 1. The van der Waals surface area contributed by atoms with Crippen LogP contribution in [0.1, 0.15) is 76.3 Å². The third-order valence-electron chi connectivity index (χ3n) is 6.77. The molecule has 3 aliphatic rings. The lowest BCUT2D eigenvalue weighted by atomic mass is 9.85. The first-order valence-corrected chi connectivity index (χ1v) is 11.9. The van der Waals surface area contributed by atoms with Crippen LogP contribution in [0.15, 0.2) is 18.2 Å². The first kappa shape index (κ1) is 24.2. The molecule has 1 aromatic rings. The fourth-order valence-corrected chi connectivity index (χ4v) is 5.14. The maximum absolute atomic E-state index is 15.2. The second-order valence-electron chi connectivity index (χ2n) is 10.3. The fraction of sp³-hybridized carbons (Fsp3) is 0.600. The Morgan fingerprint density at radius 1 is 1.21 bits per heavy atom. The van der Waals surface area contributed by atoms with Gasteiger partial charge >= 0.3 is 6.09 Å². The van der Waals surface area contributed by atoms with Gasteiger partial charge in [0.1, 0.15) is 17.8 Å². The number of rotatable bonds is 3. The van der Waals surface area contributed by atoms with Crippen molar-refractivity contribution < 1.29 is 28.3 Å². The molecule has 0 radical (unpaired) electrons. The SMILES string of the molecule is CCC1C(=O)N(C2CCC(=O)NC2=O)c2ccc(C3CCN(C(=O)OC(C)(C)C)CC3F)cc21. The fourth-order valence-electron chi connectivity index (χ4n) is 5.14. The minimum absolute atomic E-state index is 0.0464. The van der Waals surface area contributed by atoms with Crippen LogP contribution in [-0.2, 0) is 19.1 Å². The Bertz CT molecular complexity index is 1020. The van der Waals surface area contributed by atoms with Gasteiger partial charge in [-0.25, -0.2) is 9.18 Å². The van der Waals surface area contributed by atoms with Crippen molar-refractivity contribution in [3.63, 3.8) is 0 Å². The molecule has 1 N–H and O–H groups in total. The molecule has 0 aliphatic carbocycles. The minimum atomic E-state index is -1.26. The van der Waals surface area contributed by atoms with Gasteiger partial charge in [0.25, 0.3) is 0 Å². The summed E-state index contributed by atoms with van der Waals surface area (Å²) in [6, 6.07) is 4.75. The molecule has 184 valence electrons. The zero-order valence-corrected chi connectivity index (χ0v) is 20.1. The van der Waals surface area contributed by atoms with Crippen molar-refractivity contribution in [2.75, 3.05) is 18.0 Å². The maximum atomic E-state index is 15.2. The number of fused-ring (bicyclic) bond motifs is 1. The van der Waals surface area contributed by atoms with Gasteiger partial charge in [0, 0.05) is 24.6 Å². The number of likely N-dealkylation sites (tertiary alicyclic amines) is 1. The van der Waals surface area contributed by atoms with E-state index in [1.54, 1.807) is 26.8 Å². The number of amides is 4. The molecular formula is C25H32FN3O5. The molecule has 0 bridgehead atoms. The number of piperidine rings is 2. The van der Waals surface area contributed by atoms with E-state index < -0.39 is 41.7 Å². The Morgan fingerprint density at radius 3 is 2.56 bits per heavy atom. The van der Waals surface area contributed by atoms with E-state index in [9.17, 15) is 19.2 Å². The summed E-state index contributed by atoms with van der Waals surface area (Å²) in [5.41, 5.74) is 1.58. The number of halogens is 1. The van der Waals surface area contributed by atoms with E-state index in [4.69, 9.17) is 4.74 Å². The first-order chi connectivity index (χ1) is 16.0. The molecule has 4 amide bonds. The molecule has 2 saturated heterocycles. The van der Waals surface area contributed by atoms with E-state index in [-0.39, 0.29) is 31.2 Å². The number of hydrogen-bond donors (Lipinski definition) is 1. The molecule has 8 nitrogen and oxygen atoms in total. The van der Waals surface area contributed by atoms with E-state index in [1.165, 1.54) is 9.80 Å². The summed E-state index contributed by atoms with van der Waals surface area (Å²) in [5.74, 6) is -1.78. The number of carbonyl (C=O) groups is 4. The van der Waals surface area contributed by atoms with Gasteiger partial charge in [-0.3, -0.25) is 24.6 Å². The second-order valence-corrected chi connectivity index (χ2v) is 10.3. The van der Waals surface area contributed by atoms with E-state index in [1.807, 2.05) is 19.1 Å². The minimum Gasteiger partial charge on any atom is -0.444 e. The summed E-state index contributed by atoms with van der Waals surface area (Å²) < 4.78 is 20.6. The molecule has 4 rings (SSSR count). The van der Waals surface area contributed by atoms with Crippen LogP contribution in [0.2, 0.25) is 0 Å². The highest BCUT2D eigenvalue weighted by Gasteiger charge is 2.44. The molecule has 4 atom stereocenters. The van der Waals surface area contributed by atoms with Crippen LogP contribution in [0.5, 0.6) is 0 Å². The van der Waals surface area contributed by atoms with Crippen LogP contribution in [0, 0.1) is 0 Å².